The lowest BCUT2D eigenvalue weighted by Gasteiger charge is -2.04. The maximum atomic E-state index is 11.2. The molecule has 0 aliphatic heterocycles. The molecule has 0 aromatic heterocycles. The van der Waals surface area contributed by atoms with E-state index in [1.54, 1.807) is 0 Å². The molecule has 4 N–H and O–H groups in total. The largest absolute Gasteiger partial charge is 0.355 e. The van der Waals surface area contributed by atoms with Crippen molar-refractivity contribution >= 4 is 11.8 Å². The highest BCUT2D eigenvalue weighted by atomic mass is 16.2. The third-order valence-electron chi connectivity index (χ3n) is 1.97. The molecule has 0 spiro atoms. The van der Waals surface area contributed by atoms with Gasteiger partial charge in [-0.25, -0.2) is 0 Å². The third-order valence-corrected chi connectivity index (χ3v) is 1.97. The highest BCUT2D eigenvalue weighted by molar-refractivity contribution is 5.82. The summed E-state index contributed by atoms with van der Waals surface area (Å²) >= 11 is 0. The lowest BCUT2D eigenvalue weighted by Crippen LogP contribution is -2.35. The summed E-state index contributed by atoms with van der Waals surface area (Å²) in [6.45, 7) is 2.39. The molecule has 1 saturated carbocycles. The van der Waals surface area contributed by atoms with E-state index in [0.717, 1.165) is 6.42 Å². The number of hydrogen-bond acceptors (Lipinski definition) is 3. The Morgan fingerprint density at radius 1 is 1.38 bits per heavy atom. The fourth-order valence-corrected chi connectivity index (χ4v) is 1.07. The Morgan fingerprint density at radius 2 is 1.92 bits per heavy atom. The molecule has 2 atom stereocenters. The van der Waals surface area contributed by atoms with Crippen molar-refractivity contribution in [3.8, 4) is 0 Å². The summed E-state index contributed by atoms with van der Waals surface area (Å²) in [4.78, 5) is 21.6. The van der Waals surface area contributed by atoms with Crippen molar-refractivity contribution in [2.75, 3.05) is 13.1 Å². The van der Waals surface area contributed by atoms with Gasteiger partial charge in [0.25, 0.3) is 0 Å². The van der Waals surface area contributed by atoms with E-state index in [-0.39, 0.29) is 23.8 Å². The maximum absolute atomic E-state index is 11.2. The van der Waals surface area contributed by atoms with Crippen LogP contribution in [-0.2, 0) is 9.59 Å². The van der Waals surface area contributed by atoms with E-state index in [9.17, 15) is 9.59 Å². The molecule has 74 valence electrons. The van der Waals surface area contributed by atoms with Crippen LogP contribution in [0, 0.1) is 5.92 Å². The molecule has 0 aromatic carbocycles. The molecule has 5 heteroatoms. The van der Waals surface area contributed by atoms with E-state index < -0.39 is 0 Å². The molecule has 2 amide bonds. The van der Waals surface area contributed by atoms with E-state index in [1.807, 2.05) is 0 Å². The summed E-state index contributed by atoms with van der Waals surface area (Å²) < 4.78 is 0. The first kappa shape index (κ1) is 9.98. The Labute approximate surface area is 77.1 Å². The summed E-state index contributed by atoms with van der Waals surface area (Å²) in [5, 5.41) is 5.28. The Morgan fingerprint density at radius 3 is 2.38 bits per heavy atom. The van der Waals surface area contributed by atoms with Crippen molar-refractivity contribution < 1.29 is 9.59 Å². The number of carbonyl (C=O) groups is 2. The first-order valence-corrected chi connectivity index (χ1v) is 4.39. The number of amides is 2. The molecule has 0 bridgehead atoms. The molecular formula is C8H15N3O2. The quantitative estimate of drug-likeness (QED) is 0.470. The van der Waals surface area contributed by atoms with Crippen molar-refractivity contribution in [3.63, 3.8) is 0 Å². The van der Waals surface area contributed by atoms with E-state index >= 15 is 0 Å². The molecular weight excluding hydrogens is 170 g/mol. The fourth-order valence-electron chi connectivity index (χ4n) is 1.07. The van der Waals surface area contributed by atoms with Gasteiger partial charge in [0.2, 0.25) is 11.8 Å². The summed E-state index contributed by atoms with van der Waals surface area (Å²) in [5.74, 6) is -0.0902. The minimum absolute atomic E-state index is 0.00199. The standard InChI is InChI=1S/C8H15N3O2/c1-5(12)10-2-3-11-8(13)6-4-7(6)9/h6-7H,2-4,9H2,1H3,(H,10,12)(H,11,13). The zero-order valence-corrected chi connectivity index (χ0v) is 7.67. The van der Waals surface area contributed by atoms with Gasteiger partial charge < -0.3 is 16.4 Å². The second-order valence-electron chi connectivity index (χ2n) is 3.28. The SMILES string of the molecule is CC(=O)NCCNC(=O)C1CC1N. The highest BCUT2D eigenvalue weighted by Crippen LogP contribution is 2.27. The lowest BCUT2D eigenvalue weighted by atomic mass is 10.4. The van der Waals surface area contributed by atoms with Crippen LogP contribution in [0.15, 0.2) is 0 Å². The van der Waals surface area contributed by atoms with Crippen LogP contribution in [0.25, 0.3) is 0 Å². The van der Waals surface area contributed by atoms with E-state index in [1.165, 1.54) is 6.92 Å². The predicted molar refractivity (Wildman–Crippen MR) is 47.8 cm³/mol. The Kier molecular flexibility index (Phi) is 3.25. The van der Waals surface area contributed by atoms with Gasteiger partial charge in [0.15, 0.2) is 0 Å². The zero-order chi connectivity index (χ0) is 9.84. The average Bonchev–Trinajstić information content (AvgIpc) is 2.75. The van der Waals surface area contributed by atoms with Gasteiger partial charge in [-0.2, -0.15) is 0 Å². The van der Waals surface area contributed by atoms with Gasteiger partial charge >= 0.3 is 0 Å². The zero-order valence-electron chi connectivity index (χ0n) is 7.67. The van der Waals surface area contributed by atoms with Crippen molar-refractivity contribution in [1.82, 2.24) is 10.6 Å². The minimum Gasteiger partial charge on any atom is -0.355 e. The Balaban J connectivity index is 1.99. The van der Waals surface area contributed by atoms with Gasteiger partial charge in [0.05, 0.1) is 5.92 Å². The molecule has 0 aromatic rings. The van der Waals surface area contributed by atoms with Crippen molar-refractivity contribution in [2.24, 2.45) is 11.7 Å². The second-order valence-corrected chi connectivity index (χ2v) is 3.28. The third kappa shape index (κ3) is 3.42. The van der Waals surface area contributed by atoms with Crippen LogP contribution in [0.5, 0.6) is 0 Å². The molecule has 1 aliphatic rings. The van der Waals surface area contributed by atoms with E-state index in [4.69, 9.17) is 5.73 Å². The van der Waals surface area contributed by atoms with Crippen molar-refractivity contribution in [2.45, 2.75) is 19.4 Å². The van der Waals surface area contributed by atoms with Gasteiger partial charge in [-0.15, -0.1) is 0 Å². The van der Waals surface area contributed by atoms with Gasteiger partial charge in [-0.3, -0.25) is 9.59 Å². The molecule has 2 unspecified atom stereocenters. The van der Waals surface area contributed by atoms with Crippen LogP contribution < -0.4 is 16.4 Å². The maximum Gasteiger partial charge on any atom is 0.224 e. The molecule has 13 heavy (non-hydrogen) atoms. The molecule has 1 rings (SSSR count). The first-order valence-electron chi connectivity index (χ1n) is 4.39. The van der Waals surface area contributed by atoms with Crippen molar-refractivity contribution in [1.29, 1.82) is 0 Å². The molecule has 1 fully saturated rings. The Bertz CT molecular complexity index is 217. The second kappa shape index (κ2) is 4.23. The number of nitrogens with two attached hydrogens (primary N) is 1. The number of rotatable bonds is 4. The average molecular weight is 185 g/mol. The van der Waals surface area contributed by atoms with Crippen LogP contribution in [0.3, 0.4) is 0 Å². The smallest absolute Gasteiger partial charge is 0.224 e. The van der Waals surface area contributed by atoms with Crippen LogP contribution in [0.4, 0.5) is 0 Å². The number of carbonyl (C=O) groups excluding carboxylic acids is 2. The van der Waals surface area contributed by atoms with Crippen LogP contribution in [-0.4, -0.2) is 30.9 Å². The summed E-state index contributed by atoms with van der Waals surface area (Å²) in [5.41, 5.74) is 5.49. The topological polar surface area (TPSA) is 84.2 Å². The van der Waals surface area contributed by atoms with Crippen molar-refractivity contribution in [3.05, 3.63) is 0 Å². The highest BCUT2D eigenvalue weighted by Gasteiger charge is 2.39. The summed E-state index contributed by atoms with van der Waals surface area (Å²) in [6.07, 6.45) is 0.784. The number of nitrogens with one attached hydrogen (secondary N) is 2. The monoisotopic (exact) mass is 185 g/mol. The number of hydrogen-bond donors (Lipinski definition) is 3. The minimum atomic E-state index is -0.0858. The normalized spacial score (nSPS) is 25.1. The molecule has 0 radical (unpaired) electrons. The molecule has 5 nitrogen and oxygen atoms in total. The molecule has 1 aliphatic carbocycles. The predicted octanol–water partition coefficient (Wildman–Crippen LogP) is -1.41. The fraction of sp³-hybridized carbons (Fsp3) is 0.750. The summed E-state index contributed by atoms with van der Waals surface area (Å²) in [7, 11) is 0. The van der Waals surface area contributed by atoms with Gasteiger partial charge in [-0.05, 0) is 6.42 Å². The molecule has 0 saturated heterocycles. The molecule has 0 heterocycles. The van der Waals surface area contributed by atoms with Crippen LogP contribution in [0.1, 0.15) is 13.3 Å². The van der Waals surface area contributed by atoms with E-state index in [2.05, 4.69) is 10.6 Å². The Hall–Kier alpha value is -1.10. The van der Waals surface area contributed by atoms with Crippen LogP contribution in [0.2, 0.25) is 0 Å². The first-order chi connectivity index (χ1) is 6.11. The summed E-state index contributed by atoms with van der Waals surface area (Å²) in [6, 6.07) is 0.0424. The lowest BCUT2D eigenvalue weighted by molar-refractivity contribution is -0.123. The van der Waals surface area contributed by atoms with Crippen LogP contribution >= 0.6 is 0 Å². The van der Waals surface area contributed by atoms with Gasteiger partial charge in [0, 0.05) is 26.1 Å². The van der Waals surface area contributed by atoms with E-state index in [0.29, 0.717) is 13.1 Å². The van der Waals surface area contributed by atoms with Gasteiger partial charge in [0.1, 0.15) is 0 Å². The van der Waals surface area contributed by atoms with Gasteiger partial charge in [-0.1, -0.05) is 0 Å².